The standard InChI is InChI=1S/C11H19N5O/c1-3-16(2)7-6-14-11(17)9-4-5-13-10(8-9)15-12/h4-5,8H,3,6-7,12H2,1-2H3,(H,13,15)(H,14,17). The van der Waals surface area contributed by atoms with E-state index in [0.29, 0.717) is 17.9 Å². The molecule has 0 atom stereocenters. The van der Waals surface area contributed by atoms with Crippen molar-refractivity contribution in [3.8, 4) is 0 Å². The van der Waals surface area contributed by atoms with Crippen LogP contribution in [0.25, 0.3) is 0 Å². The lowest BCUT2D eigenvalue weighted by molar-refractivity contribution is 0.0950. The van der Waals surface area contributed by atoms with E-state index in [4.69, 9.17) is 5.84 Å². The Bertz CT molecular complexity index is 369. The fourth-order valence-corrected chi connectivity index (χ4v) is 1.27. The predicted molar refractivity (Wildman–Crippen MR) is 67.6 cm³/mol. The molecule has 0 aromatic carbocycles. The number of amides is 1. The highest BCUT2D eigenvalue weighted by atomic mass is 16.1. The molecule has 0 radical (unpaired) electrons. The zero-order valence-corrected chi connectivity index (χ0v) is 10.2. The predicted octanol–water partition coefficient (Wildman–Crippen LogP) is 0.0487. The minimum Gasteiger partial charge on any atom is -0.351 e. The molecule has 0 saturated carbocycles. The number of carbonyl (C=O) groups is 1. The topological polar surface area (TPSA) is 83.3 Å². The molecule has 0 aliphatic rings. The van der Waals surface area contributed by atoms with Gasteiger partial charge in [-0.25, -0.2) is 10.8 Å². The van der Waals surface area contributed by atoms with E-state index >= 15 is 0 Å². The minimum atomic E-state index is -0.117. The number of aromatic nitrogens is 1. The Morgan fingerprint density at radius 3 is 3.00 bits per heavy atom. The van der Waals surface area contributed by atoms with Crippen molar-refractivity contribution in [2.24, 2.45) is 5.84 Å². The van der Waals surface area contributed by atoms with Gasteiger partial charge in [-0.1, -0.05) is 6.92 Å². The summed E-state index contributed by atoms with van der Waals surface area (Å²) in [6, 6.07) is 3.26. The molecule has 0 aliphatic heterocycles. The van der Waals surface area contributed by atoms with Gasteiger partial charge >= 0.3 is 0 Å². The normalized spacial score (nSPS) is 10.4. The molecule has 94 valence electrons. The number of hydrazine groups is 1. The van der Waals surface area contributed by atoms with E-state index in [0.717, 1.165) is 13.1 Å². The van der Waals surface area contributed by atoms with Crippen molar-refractivity contribution in [1.82, 2.24) is 15.2 Å². The molecule has 0 bridgehead atoms. The summed E-state index contributed by atoms with van der Waals surface area (Å²) in [7, 11) is 2.01. The largest absolute Gasteiger partial charge is 0.351 e. The van der Waals surface area contributed by atoms with Gasteiger partial charge in [0.05, 0.1) is 0 Å². The first-order valence-electron chi connectivity index (χ1n) is 5.56. The van der Waals surface area contributed by atoms with Crippen molar-refractivity contribution in [2.75, 3.05) is 32.1 Å². The Hall–Kier alpha value is -1.66. The Labute approximate surface area is 101 Å². The highest BCUT2D eigenvalue weighted by molar-refractivity contribution is 5.94. The van der Waals surface area contributed by atoms with Gasteiger partial charge in [-0.05, 0) is 25.7 Å². The van der Waals surface area contributed by atoms with Crippen molar-refractivity contribution < 1.29 is 4.79 Å². The van der Waals surface area contributed by atoms with Crippen molar-refractivity contribution in [1.29, 1.82) is 0 Å². The van der Waals surface area contributed by atoms with Crippen molar-refractivity contribution >= 4 is 11.7 Å². The van der Waals surface area contributed by atoms with Gasteiger partial charge in [0.15, 0.2) is 0 Å². The summed E-state index contributed by atoms with van der Waals surface area (Å²) in [5.74, 6) is 5.58. The molecule has 1 aromatic heterocycles. The first-order valence-corrected chi connectivity index (χ1v) is 5.56. The number of hydrogen-bond donors (Lipinski definition) is 3. The van der Waals surface area contributed by atoms with E-state index in [2.05, 4.69) is 27.6 Å². The van der Waals surface area contributed by atoms with Gasteiger partial charge in [-0.2, -0.15) is 0 Å². The van der Waals surface area contributed by atoms with Crippen LogP contribution < -0.4 is 16.6 Å². The second kappa shape index (κ2) is 6.82. The maximum atomic E-state index is 11.8. The SMILES string of the molecule is CCN(C)CCNC(=O)c1ccnc(NN)c1. The van der Waals surface area contributed by atoms with Gasteiger partial charge in [-0.15, -0.1) is 0 Å². The van der Waals surface area contributed by atoms with Crippen LogP contribution >= 0.6 is 0 Å². The van der Waals surface area contributed by atoms with Crippen LogP contribution in [0.1, 0.15) is 17.3 Å². The van der Waals surface area contributed by atoms with Gasteiger partial charge in [0.25, 0.3) is 5.91 Å². The third kappa shape index (κ3) is 4.38. The first kappa shape index (κ1) is 13.4. The van der Waals surface area contributed by atoms with Gasteiger partial charge in [-0.3, -0.25) is 4.79 Å². The number of anilines is 1. The van der Waals surface area contributed by atoms with Crippen LogP contribution in [0.4, 0.5) is 5.82 Å². The van der Waals surface area contributed by atoms with E-state index in [1.807, 2.05) is 7.05 Å². The Morgan fingerprint density at radius 2 is 2.35 bits per heavy atom. The third-order valence-corrected chi connectivity index (χ3v) is 2.49. The number of pyridine rings is 1. The Balaban J connectivity index is 2.46. The van der Waals surface area contributed by atoms with Crippen LogP contribution in [-0.2, 0) is 0 Å². The summed E-state index contributed by atoms with van der Waals surface area (Å²) in [6.45, 7) is 4.49. The molecule has 0 aliphatic carbocycles. The number of rotatable bonds is 6. The smallest absolute Gasteiger partial charge is 0.251 e. The molecule has 1 aromatic rings. The van der Waals surface area contributed by atoms with E-state index < -0.39 is 0 Å². The Morgan fingerprint density at radius 1 is 1.59 bits per heavy atom. The van der Waals surface area contributed by atoms with E-state index in [9.17, 15) is 4.79 Å². The van der Waals surface area contributed by atoms with E-state index in [-0.39, 0.29) is 5.91 Å². The molecule has 6 nitrogen and oxygen atoms in total. The summed E-state index contributed by atoms with van der Waals surface area (Å²) in [5, 5.41) is 2.84. The van der Waals surface area contributed by atoms with Crippen LogP contribution in [-0.4, -0.2) is 42.5 Å². The molecule has 4 N–H and O–H groups in total. The maximum absolute atomic E-state index is 11.8. The summed E-state index contributed by atoms with van der Waals surface area (Å²) >= 11 is 0. The fraction of sp³-hybridized carbons (Fsp3) is 0.455. The summed E-state index contributed by atoms with van der Waals surface area (Å²) in [5.41, 5.74) is 2.95. The highest BCUT2D eigenvalue weighted by Gasteiger charge is 2.06. The van der Waals surface area contributed by atoms with E-state index in [1.54, 1.807) is 18.3 Å². The average molecular weight is 237 g/mol. The van der Waals surface area contributed by atoms with Gasteiger partial charge in [0, 0.05) is 24.8 Å². The maximum Gasteiger partial charge on any atom is 0.251 e. The van der Waals surface area contributed by atoms with E-state index in [1.165, 1.54) is 0 Å². The number of nitrogen functional groups attached to an aromatic ring is 1. The van der Waals surface area contributed by atoms with Crippen LogP contribution in [0.5, 0.6) is 0 Å². The molecule has 0 fully saturated rings. The summed E-state index contributed by atoms with van der Waals surface area (Å²) in [4.78, 5) is 17.8. The zero-order valence-electron chi connectivity index (χ0n) is 10.2. The second-order valence-electron chi connectivity index (χ2n) is 3.73. The first-order chi connectivity index (χ1) is 8.17. The number of carbonyl (C=O) groups excluding carboxylic acids is 1. The van der Waals surface area contributed by atoms with Crippen LogP contribution in [0, 0.1) is 0 Å². The summed E-state index contributed by atoms with van der Waals surface area (Å²) < 4.78 is 0. The average Bonchev–Trinajstić information content (AvgIpc) is 2.38. The third-order valence-electron chi connectivity index (χ3n) is 2.49. The monoisotopic (exact) mass is 237 g/mol. The van der Waals surface area contributed by atoms with Crippen molar-refractivity contribution in [3.63, 3.8) is 0 Å². The number of likely N-dealkylation sites (N-methyl/N-ethyl adjacent to an activating group) is 1. The quantitative estimate of drug-likeness (QED) is 0.481. The number of hydrogen-bond acceptors (Lipinski definition) is 5. The van der Waals surface area contributed by atoms with Crippen molar-refractivity contribution in [2.45, 2.75) is 6.92 Å². The molecule has 0 saturated heterocycles. The van der Waals surface area contributed by atoms with Gasteiger partial charge < -0.3 is 15.6 Å². The molecule has 0 spiro atoms. The zero-order chi connectivity index (χ0) is 12.7. The lowest BCUT2D eigenvalue weighted by Crippen LogP contribution is -2.32. The lowest BCUT2D eigenvalue weighted by atomic mass is 10.2. The molecule has 1 heterocycles. The fourth-order valence-electron chi connectivity index (χ4n) is 1.27. The number of nitrogens with one attached hydrogen (secondary N) is 2. The molecule has 1 rings (SSSR count). The number of nitrogens with zero attached hydrogens (tertiary/aromatic N) is 2. The molecule has 1 amide bonds. The summed E-state index contributed by atoms with van der Waals surface area (Å²) in [6.07, 6.45) is 1.54. The Kier molecular flexibility index (Phi) is 5.38. The van der Waals surface area contributed by atoms with Crippen LogP contribution in [0.15, 0.2) is 18.3 Å². The molecule has 6 heteroatoms. The number of nitrogens with two attached hydrogens (primary N) is 1. The van der Waals surface area contributed by atoms with Crippen LogP contribution in [0.2, 0.25) is 0 Å². The molecule has 17 heavy (non-hydrogen) atoms. The second-order valence-corrected chi connectivity index (χ2v) is 3.73. The van der Waals surface area contributed by atoms with Crippen molar-refractivity contribution in [3.05, 3.63) is 23.9 Å². The molecule has 0 unspecified atom stereocenters. The lowest BCUT2D eigenvalue weighted by Gasteiger charge is -2.14. The molecular weight excluding hydrogens is 218 g/mol. The minimum absolute atomic E-state index is 0.117. The molecular formula is C11H19N5O. The van der Waals surface area contributed by atoms with Crippen LogP contribution in [0.3, 0.4) is 0 Å². The van der Waals surface area contributed by atoms with Gasteiger partial charge in [0.1, 0.15) is 5.82 Å². The van der Waals surface area contributed by atoms with Gasteiger partial charge in [0.2, 0.25) is 0 Å². The highest BCUT2D eigenvalue weighted by Crippen LogP contribution is 2.04.